The van der Waals surface area contributed by atoms with Crippen LogP contribution in [0.3, 0.4) is 0 Å². The second kappa shape index (κ2) is 6.01. The maximum absolute atomic E-state index is 4.41. The Hall–Kier alpha value is -1.63. The predicted molar refractivity (Wildman–Crippen MR) is 79.2 cm³/mol. The molecular formula is C12H17BrN6. The van der Waals surface area contributed by atoms with Gasteiger partial charge in [-0.1, -0.05) is 0 Å². The first-order valence-electron chi connectivity index (χ1n) is 6.09. The van der Waals surface area contributed by atoms with Gasteiger partial charge in [-0.2, -0.15) is 10.1 Å². The molecule has 0 saturated carbocycles. The van der Waals surface area contributed by atoms with Gasteiger partial charge in [0.25, 0.3) is 0 Å². The summed E-state index contributed by atoms with van der Waals surface area (Å²) in [6, 6.07) is 0. The summed E-state index contributed by atoms with van der Waals surface area (Å²) >= 11 is 3.44. The highest BCUT2D eigenvalue weighted by Gasteiger charge is 2.07. The molecule has 7 heteroatoms. The second-order valence-corrected chi connectivity index (χ2v) is 5.04. The van der Waals surface area contributed by atoms with Crippen LogP contribution in [0.25, 0.3) is 0 Å². The van der Waals surface area contributed by atoms with E-state index in [0.717, 1.165) is 28.1 Å². The van der Waals surface area contributed by atoms with Crippen LogP contribution in [0.1, 0.15) is 18.2 Å². The topological polar surface area (TPSA) is 67.7 Å². The van der Waals surface area contributed by atoms with E-state index >= 15 is 0 Å². The van der Waals surface area contributed by atoms with E-state index in [2.05, 4.69) is 41.6 Å². The fourth-order valence-electron chi connectivity index (χ4n) is 1.74. The van der Waals surface area contributed by atoms with Crippen LogP contribution in [0.15, 0.2) is 16.9 Å². The van der Waals surface area contributed by atoms with E-state index in [-0.39, 0.29) is 0 Å². The number of rotatable bonds is 5. The van der Waals surface area contributed by atoms with Crippen molar-refractivity contribution in [1.29, 1.82) is 0 Å². The molecule has 2 heterocycles. The second-order valence-electron chi connectivity index (χ2n) is 4.19. The predicted octanol–water partition coefficient (Wildman–Crippen LogP) is 2.32. The Balaban J connectivity index is 2.10. The van der Waals surface area contributed by atoms with Gasteiger partial charge < -0.3 is 10.6 Å². The standard InChI is InChI=1S/C12H17BrN6/c1-4-14-12-16-6-10(13)11(17-12)15-5-9-7-19(3)18-8(9)2/h6-7H,4-5H2,1-3H3,(H2,14,15,16,17). The average Bonchev–Trinajstić information content (AvgIpc) is 2.69. The van der Waals surface area contributed by atoms with Crippen LogP contribution >= 0.6 is 15.9 Å². The van der Waals surface area contributed by atoms with Crippen LogP contribution in [0.4, 0.5) is 11.8 Å². The van der Waals surface area contributed by atoms with E-state index in [1.165, 1.54) is 0 Å². The van der Waals surface area contributed by atoms with Crippen molar-refractivity contribution in [1.82, 2.24) is 19.7 Å². The molecule has 6 nitrogen and oxygen atoms in total. The Labute approximate surface area is 120 Å². The fraction of sp³-hybridized carbons (Fsp3) is 0.417. The molecule has 102 valence electrons. The van der Waals surface area contributed by atoms with Gasteiger partial charge in [0.05, 0.1) is 10.2 Å². The fourth-order valence-corrected chi connectivity index (χ4v) is 2.07. The van der Waals surface area contributed by atoms with E-state index in [9.17, 15) is 0 Å². The Kier molecular flexibility index (Phi) is 4.36. The third kappa shape index (κ3) is 3.44. The third-order valence-corrected chi connectivity index (χ3v) is 3.22. The van der Waals surface area contributed by atoms with Gasteiger partial charge in [0.2, 0.25) is 5.95 Å². The maximum atomic E-state index is 4.41. The first kappa shape index (κ1) is 13.8. The van der Waals surface area contributed by atoms with Gasteiger partial charge >= 0.3 is 0 Å². The summed E-state index contributed by atoms with van der Waals surface area (Å²) in [7, 11) is 1.92. The number of aryl methyl sites for hydroxylation is 2. The van der Waals surface area contributed by atoms with Gasteiger partial charge in [-0.25, -0.2) is 4.98 Å². The van der Waals surface area contributed by atoms with Gasteiger partial charge in [-0.05, 0) is 29.8 Å². The summed E-state index contributed by atoms with van der Waals surface area (Å²) in [5.74, 6) is 1.39. The quantitative estimate of drug-likeness (QED) is 0.883. The molecular weight excluding hydrogens is 308 g/mol. The first-order chi connectivity index (χ1) is 9.10. The summed E-state index contributed by atoms with van der Waals surface area (Å²) in [6.45, 7) is 5.48. The summed E-state index contributed by atoms with van der Waals surface area (Å²) in [5.41, 5.74) is 2.17. The zero-order chi connectivity index (χ0) is 13.8. The van der Waals surface area contributed by atoms with E-state index in [4.69, 9.17) is 0 Å². The van der Waals surface area contributed by atoms with Crippen LogP contribution in [-0.4, -0.2) is 26.3 Å². The molecule has 0 spiro atoms. The van der Waals surface area contributed by atoms with Crippen molar-refractivity contribution < 1.29 is 0 Å². The highest BCUT2D eigenvalue weighted by molar-refractivity contribution is 9.10. The molecule has 0 amide bonds. The van der Waals surface area contributed by atoms with Crippen LogP contribution in [0, 0.1) is 6.92 Å². The molecule has 0 saturated heterocycles. The van der Waals surface area contributed by atoms with Gasteiger partial charge in [-0.3, -0.25) is 4.68 Å². The minimum atomic E-state index is 0.621. The average molecular weight is 325 g/mol. The number of hydrogen-bond acceptors (Lipinski definition) is 5. The van der Waals surface area contributed by atoms with Crippen molar-refractivity contribution in [2.24, 2.45) is 7.05 Å². The van der Waals surface area contributed by atoms with Crippen molar-refractivity contribution >= 4 is 27.7 Å². The van der Waals surface area contributed by atoms with E-state index < -0.39 is 0 Å². The van der Waals surface area contributed by atoms with Gasteiger partial charge in [0, 0.05) is 38.1 Å². The smallest absolute Gasteiger partial charge is 0.224 e. The minimum absolute atomic E-state index is 0.621. The largest absolute Gasteiger partial charge is 0.365 e. The normalized spacial score (nSPS) is 10.5. The summed E-state index contributed by atoms with van der Waals surface area (Å²) in [5, 5.41) is 10.7. The molecule has 0 atom stereocenters. The molecule has 0 aliphatic rings. The van der Waals surface area contributed by atoms with E-state index in [1.54, 1.807) is 6.20 Å². The van der Waals surface area contributed by atoms with Crippen LogP contribution in [-0.2, 0) is 13.6 Å². The number of anilines is 2. The number of aromatic nitrogens is 4. The number of hydrogen-bond donors (Lipinski definition) is 2. The number of nitrogens with one attached hydrogen (secondary N) is 2. The third-order valence-electron chi connectivity index (χ3n) is 2.64. The zero-order valence-electron chi connectivity index (χ0n) is 11.2. The molecule has 2 aromatic heterocycles. The van der Waals surface area contributed by atoms with Crippen LogP contribution in [0.2, 0.25) is 0 Å². The summed E-state index contributed by atoms with van der Waals surface area (Å²) in [6.07, 6.45) is 3.74. The Morgan fingerprint density at radius 3 is 2.79 bits per heavy atom. The Morgan fingerprint density at radius 1 is 1.37 bits per heavy atom. The minimum Gasteiger partial charge on any atom is -0.365 e. The van der Waals surface area contributed by atoms with Crippen LogP contribution in [0.5, 0.6) is 0 Å². The molecule has 19 heavy (non-hydrogen) atoms. The lowest BCUT2D eigenvalue weighted by molar-refractivity contribution is 0.756. The summed E-state index contributed by atoms with van der Waals surface area (Å²) < 4.78 is 2.65. The molecule has 2 rings (SSSR count). The van der Waals surface area contributed by atoms with Crippen molar-refractivity contribution in [2.75, 3.05) is 17.2 Å². The molecule has 0 fully saturated rings. The molecule has 2 aromatic rings. The molecule has 0 aliphatic carbocycles. The van der Waals surface area contributed by atoms with Crippen molar-refractivity contribution in [3.63, 3.8) is 0 Å². The molecule has 2 N–H and O–H groups in total. The molecule has 0 unspecified atom stereocenters. The molecule has 0 radical (unpaired) electrons. The van der Waals surface area contributed by atoms with E-state index in [0.29, 0.717) is 12.5 Å². The lowest BCUT2D eigenvalue weighted by Gasteiger charge is -2.09. The highest BCUT2D eigenvalue weighted by Crippen LogP contribution is 2.21. The summed E-state index contributed by atoms with van der Waals surface area (Å²) in [4.78, 5) is 8.59. The SMILES string of the molecule is CCNc1ncc(Br)c(NCc2cn(C)nc2C)n1. The molecule has 0 bridgehead atoms. The monoisotopic (exact) mass is 324 g/mol. The zero-order valence-corrected chi connectivity index (χ0v) is 12.8. The highest BCUT2D eigenvalue weighted by atomic mass is 79.9. The Bertz CT molecular complexity index is 565. The lowest BCUT2D eigenvalue weighted by atomic mass is 10.2. The van der Waals surface area contributed by atoms with Gasteiger partial charge in [0.1, 0.15) is 5.82 Å². The Morgan fingerprint density at radius 2 is 2.16 bits per heavy atom. The van der Waals surface area contributed by atoms with Crippen molar-refractivity contribution in [3.8, 4) is 0 Å². The number of nitrogens with zero attached hydrogens (tertiary/aromatic N) is 4. The van der Waals surface area contributed by atoms with Gasteiger partial charge in [0.15, 0.2) is 0 Å². The van der Waals surface area contributed by atoms with Crippen LogP contribution < -0.4 is 10.6 Å². The van der Waals surface area contributed by atoms with Crippen molar-refractivity contribution in [3.05, 3.63) is 28.1 Å². The lowest BCUT2D eigenvalue weighted by Crippen LogP contribution is -2.07. The molecule has 0 aliphatic heterocycles. The van der Waals surface area contributed by atoms with Crippen molar-refractivity contribution in [2.45, 2.75) is 20.4 Å². The maximum Gasteiger partial charge on any atom is 0.224 e. The molecule has 0 aromatic carbocycles. The first-order valence-corrected chi connectivity index (χ1v) is 6.89. The van der Waals surface area contributed by atoms with Gasteiger partial charge in [-0.15, -0.1) is 0 Å². The number of halogens is 1. The van der Waals surface area contributed by atoms with E-state index in [1.807, 2.05) is 31.8 Å².